The van der Waals surface area contributed by atoms with Crippen molar-refractivity contribution in [3.8, 4) is 0 Å². The lowest BCUT2D eigenvalue weighted by molar-refractivity contribution is -0.142. The average molecular weight is 257 g/mol. The van der Waals surface area contributed by atoms with Gasteiger partial charge >= 0.3 is 0 Å². The number of hydrogen-bond donors (Lipinski definition) is 0. The van der Waals surface area contributed by atoms with E-state index in [0.717, 1.165) is 4.88 Å². The van der Waals surface area contributed by atoms with Crippen molar-refractivity contribution in [2.24, 2.45) is 0 Å². The zero-order valence-electron chi connectivity index (χ0n) is 10.5. The van der Waals surface area contributed by atoms with Gasteiger partial charge in [-0.15, -0.1) is 11.3 Å². The maximum absolute atomic E-state index is 12.1. The molecule has 0 aliphatic heterocycles. The molecule has 4 nitrogen and oxygen atoms in total. The van der Waals surface area contributed by atoms with Gasteiger partial charge in [0.25, 0.3) is 5.91 Å². The molecule has 0 radical (unpaired) electrons. The van der Waals surface area contributed by atoms with Crippen molar-refractivity contribution >= 4 is 17.2 Å². The molecule has 96 valence electrons. The van der Waals surface area contributed by atoms with Crippen LogP contribution in [0.25, 0.3) is 0 Å². The lowest BCUT2D eigenvalue weighted by Crippen LogP contribution is -2.39. The third kappa shape index (κ3) is 4.46. The second-order valence-corrected chi connectivity index (χ2v) is 4.74. The van der Waals surface area contributed by atoms with Crippen LogP contribution in [-0.4, -0.2) is 44.3 Å². The van der Waals surface area contributed by atoms with Crippen molar-refractivity contribution in [1.82, 2.24) is 4.90 Å². The van der Waals surface area contributed by atoms with Crippen molar-refractivity contribution in [1.29, 1.82) is 0 Å². The SMILES string of the molecule is COCCN(Cc1cccs1)C(=O)C(C)OC. The van der Waals surface area contributed by atoms with Crippen LogP contribution in [0.2, 0.25) is 0 Å². The number of ether oxygens (including phenoxy) is 2. The first kappa shape index (κ1) is 14.2. The van der Waals surface area contributed by atoms with E-state index in [1.807, 2.05) is 17.5 Å². The Morgan fingerprint density at radius 3 is 2.82 bits per heavy atom. The summed E-state index contributed by atoms with van der Waals surface area (Å²) in [6.07, 6.45) is -0.410. The van der Waals surface area contributed by atoms with Gasteiger partial charge in [0.1, 0.15) is 6.10 Å². The molecule has 1 aromatic rings. The van der Waals surface area contributed by atoms with Gasteiger partial charge in [0.15, 0.2) is 0 Å². The number of carbonyl (C=O) groups is 1. The highest BCUT2D eigenvalue weighted by atomic mass is 32.1. The molecule has 0 aliphatic carbocycles. The Labute approximate surface area is 106 Å². The van der Waals surface area contributed by atoms with E-state index >= 15 is 0 Å². The van der Waals surface area contributed by atoms with Gasteiger partial charge in [0.2, 0.25) is 0 Å². The largest absolute Gasteiger partial charge is 0.383 e. The number of amides is 1. The van der Waals surface area contributed by atoms with Gasteiger partial charge in [-0.3, -0.25) is 4.79 Å². The summed E-state index contributed by atoms with van der Waals surface area (Å²) in [4.78, 5) is 15.0. The molecule has 1 rings (SSSR count). The molecule has 1 unspecified atom stereocenters. The molecule has 1 aromatic heterocycles. The van der Waals surface area contributed by atoms with Gasteiger partial charge in [-0.25, -0.2) is 0 Å². The minimum atomic E-state index is -0.410. The monoisotopic (exact) mass is 257 g/mol. The summed E-state index contributed by atoms with van der Waals surface area (Å²) < 4.78 is 10.1. The van der Waals surface area contributed by atoms with Crippen molar-refractivity contribution in [2.75, 3.05) is 27.4 Å². The molecular weight excluding hydrogens is 238 g/mol. The normalized spacial score (nSPS) is 12.4. The van der Waals surface area contributed by atoms with Crippen molar-refractivity contribution < 1.29 is 14.3 Å². The summed E-state index contributed by atoms with van der Waals surface area (Å²) in [5, 5.41) is 2.01. The first-order chi connectivity index (χ1) is 8.19. The van der Waals surface area contributed by atoms with E-state index in [1.165, 1.54) is 0 Å². The van der Waals surface area contributed by atoms with Crippen LogP contribution in [0.5, 0.6) is 0 Å². The smallest absolute Gasteiger partial charge is 0.251 e. The molecule has 0 bridgehead atoms. The molecule has 0 aromatic carbocycles. The van der Waals surface area contributed by atoms with E-state index in [1.54, 1.807) is 37.4 Å². The molecule has 17 heavy (non-hydrogen) atoms. The molecule has 0 saturated carbocycles. The van der Waals surface area contributed by atoms with E-state index in [2.05, 4.69) is 0 Å². The molecule has 5 heteroatoms. The zero-order chi connectivity index (χ0) is 12.7. The molecule has 1 atom stereocenters. The predicted octanol–water partition coefficient (Wildman–Crippen LogP) is 1.76. The lowest BCUT2D eigenvalue weighted by atomic mass is 10.3. The molecule has 0 N–H and O–H groups in total. The second-order valence-electron chi connectivity index (χ2n) is 3.71. The third-order valence-corrected chi connectivity index (χ3v) is 3.37. The standard InChI is InChI=1S/C12H19NO3S/c1-10(16-3)12(14)13(6-7-15-2)9-11-5-4-8-17-11/h4-5,8,10H,6-7,9H2,1-3H3. The predicted molar refractivity (Wildman–Crippen MR) is 68.1 cm³/mol. The van der Waals surface area contributed by atoms with Crippen molar-refractivity contribution in [2.45, 2.75) is 19.6 Å². The molecule has 0 fully saturated rings. The van der Waals surface area contributed by atoms with Crippen molar-refractivity contribution in [3.05, 3.63) is 22.4 Å². The topological polar surface area (TPSA) is 38.8 Å². The van der Waals surface area contributed by atoms with Gasteiger partial charge in [0, 0.05) is 25.6 Å². The molecule has 0 aliphatic rings. The van der Waals surface area contributed by atoms with E-state index in [0.29, 0.717) is 19.7 Å². The lowest BCUT2D eigenvalue weighted by Gasteiger charge is -2.24. The van der Waals surface area contributed by atoms with E-state index in [4.69, 9.17) is 9.47 Å². The summed E-state index contributed by atoms with van der Waals surface area (Å²) in [7, 11) is 3.18. The quantitative estimate of drug-likeness (QED) is 0.747. The minimum Gasteiger partial charge on any atom is -0.383 e. The molecule has 0 saturated heterocycles. The first-order valence-corrected chi connectivity index (χ1v) is 6.40. The maximum atomic E-state index is 12.1. The second kappa shape index (κ2) is 7.42. The Hall–Kier alpha value is -0.910. The van der Waals surface area contributed by atoms with Crippen LogP contribution in [-0.2, 0) is 20.8 Å². The first-order valence-electron chi connectivity index (χ1n) is 5.52. The number of carbonyl (C=O) groups excluding carboxylic acids is 1. The number of methoxy groups -OCH3 is 2. The maximum Gasteiger partial charge on any atom is 0.251 e. The van der Waals surface area contributed by atoms with Gasteiger partial charge in [0.05, 0.1) is 13.2 Å². The Balaban J connectivity index is 2.62. The third-order valence-electron chi connectivity index (χ3n) is 2.51. The van der Waals surface area contributed by atoms with Crippen LogP contribution in [0.4, 0.5) is 0 Å². The van der Waals surface area contributed by atoms with Crippen LogP contribution in [0.15, 0.2) is 17.5 Å². The van der Waals surface area contributed by atoms with E-state index in [-0.39, 0.29) is 5.91 Å². The van der Waals surface area contributed by atoms with Crippen LogP contribution < -0.4 is 0 Å². The summed E-state index contributed by atoms with van der Waals surface area (Å²) in [5.74, 6) is -0.00190. The average Bonchev–Trinajstić information content (AvgIpc) is 2.85. The Kier molecular flexibility index (Phi) is 6.18. The number of rotatable bonds is 7. The molecule has 0 spiro atoms. The number of nitrogens with zero attached hydrogens (tertiary/aromatic N) is 1. The summed E-state index contributed by atoms with van der Waals surface area (Å²) >= 11 is 1.65. The van der Waals surface area contributed by atoms with Gasteiger partial charge in [-0.1, -0.05) is 6.07 Å². The van der Waals surface area contributed by atoms with Crippen LogP contribution in [0.1, 0.15) is 11.8 Å². The Morgan fingerprint density at radius 1 is 1.53 bits per heavy atom. The Morgan fingerprint density at radius 2 is 2.29 bits per heavy atom. The van der Waals surface area contributed by atoms with Crippen LogP contribution >= 0.6 is 11.3 Å². The van der Waals surface area contributed by atoms with Crippen molar-refractivity contribution in [3.63, 3.8) is 0 Å². The van der Waals surface area contributed by atoms with Gasteiger partial charge in [-0.2, -0.15) is 0 Å². The fourth-order valence-electron chi connectivity index (χ4n) is 1.42. The summed E-state index contributed by atoms with van der Waals surface area (Å²) in [5.41, 5.74) is 0. The molecule has 1 amide bonds. The zero-order valence-corrected chi connectivity index (χ0v) is 11.3. The van der Waals surface area contributed by atoms with Crippen LogP contribution in [0, 0.1) is 0 Å². The minimum absolute atomic E-state index is 0.00190. The number of hydrogen-bond acceptors (Lipinski definition) is 4. The fourth-order valence-corrected chi connectivity index (χ4v) is 2.14. The van der Waals surface area contributed by atoms with E-state index < -0.39 is 6.10 Å². The highest BCUT2D eigenvalue weighted by Gasteiger charge is 2.20. The molecule has 1 heterocycles. The highest BCUT2D eigenvalue weighted by Crippen LogP contribution is 2.13. The summed E-state index contributed by atoms with van der Waals surface area (Å²) in [6, 6.07) is 4.01. The fraction of sp³-hybridized carbons (Fsp3) is 0.583. The molecular formula is C12H19NO3S. The van der Waals surface area contributed by atoms with Gasteiger partial charge in [-0.05, 0) is 18.4 Å². The van der Waals surface area contributed by atoms with Gasteiger partial charge < -0.3 is 14.4 Å². The number of thiophene rings is 1. The highest BCUT2D eigenvalue weighted by molar-refractivity contribution is 7.09. The van der Waals surface area contributed by atoms with Crippen LogP contribution in [0.3, 0.4) is 0 Å². The summed E-state index contributed by atoms with van der Waals surface area (Å²) in [6.45, 7) is 3.50. The Bertz CT molecular complexity index is 327. The van der Waals surface area contributed by atoms with E-state index in [9.17, 15) is 4.79 Å².